The highest BCUT2D eigenvalue weighted by molar-refractivity contribution is 6.30. The molecule has 0 fully saturated rings. The molecule has 0 bridgehead atoms. The number of ether oxygens (including phenoxy) is 1. The highest BCUT2D eigenvalue weighted by atomic mass is 35.5. The van der Waals surface area contributed by atoms with E-state index in [2.05, 4.69) is 32.0 Å². The predicted octanol–water partition coefficient (Wildman–Crippen LogP) is 4.84. The maximum Gasteiger partial charge on any atom is 0.124 e. The fourth-order valence-electron chi connectivity index (χ4n) is 1.78. The summed E-state index contributed by atoms with van der Waals surface area (Å²) in [5, 5.41) is 0.704. The predicted molar refractivity (Wildman–Crippen MR) is 76.4 cm³/mol. The Bertz CT molecular complexity index is 561. The van der Waals surface area contributed by atoms with Gasteiger partial charge >= 0.3 is 0 Å². The maximum absolute atomic E-state index is 5.96. The van der Waals surface area contributed by atoms with Gasteiger partial charge in [-0.3, -0.25) is 0 Å². The smallest absolute Gasteiger partial charge is 0.124 e. The van der Waals surface area contributed by atoms with Gasteiger partial charge in [-0.1, -0.05) is 35.9 Å². The van der Waals surface area contributed by atoms with E-state index < -0.39 is 0 Å². The van der Waals surface area contributed by atoms with E-state index in [0.717, 1.165) is 11.3 Å². The van der Waals surface area contributed by atoms with Crippen molar-refractivity contribution >= 4 is 11.6 Å². The van der Waals surface area contributed by atoms with Crippen molar-refractivity contribution in [2.75, 3.05) is 0 Å². The van der Waals surface area contributed by atoms with Crippen molar-refractivity contribution in [1.29, 1.82) is 0 Å². The average Bonchev–Trinajstić information content (AvgIpc) is 2.34. The minimum Gasteiger partial charge on any atom is -0.489 e. The van der Waals surface area contributed by atoms with Crippen LogP contribution < -0.4 is 4.74 Å². The zero-order chi connectivity index (χ0) is 13.1. The number of benzene rings is 2. The molecule has 2 rings (SSSR count). The molecule has 2 heteroatoms. The summed E-state index contributed by atoms with van der Waals surface area (Å²) in [4.78, 5) is 0. The van der Waals surface area contributed by atoms with Gasteiger partial charge in [-0.05, 0) is 55.2 Å². The van der Waals surface area contributed by atoms with E-state index in [4.69, 9.17) is 16.3 Å². The van der Waals surface area contributed by atoms with Crippen LogP contribution in [0.3, 0.4) is 0 Å². The van der Waals surface area contributed by atoms with Crippen molar-refractivity contribution < 1.29 is 4.74 Å². The maximum atomic E-state index is 5.96. The van der Waals surface area contributed by atoms with Crippen LogP contribution in [0.25, 0.3) is 0 Å². The molecule has 0 atom stereocenters. The van der Waals surface area contributed by atoms with E-state index >= 15 is 0 Å². The number of halogens is 1. The first-order valence-electron chi connectivity index (χ1n) is 6.01. The highest BCUT2D eigenvalue weighted by Gasteiger charge is 2.02. The van der Waals surface area contributed by atoms with E-state index in [-0.39, 0.29) is 0 Å². The molecular formula is C16H17ClO. The Morgan fingerprint density at radius 1 is 0.889 bits per heavy atom. The van der Waals surface area contributed by atoms with Crippen molar-refractivity contribution in [1.82, 2.24) is 0 Å². The molecule has 0 aliphatic rings. The van der Waals surface area contributed by atoms with Gasteiger partial charge in [0.2, 0.25) is 0 Å². The first kappa shape index (κ1) is 13.0. The molecule has 0 spiro atoms. The Balaban J connectivity index is 2.11. The molecule has 0 aromatic heterocycles. The van der Waals surface area contributed by atoms with E-state index in [1.807, 2.05) is 25.1 Å². The molecular weight excluding hydrogens is 244 g/mol. The molecule has 0 radical (unpaired) electrons. The molecule has 0 aliphatic heterocycles. The van der Waals surface area contributed by atoms with Crippen LogP contribution in [0.1, 0.15) is 22.3 Å². The Labute approximate surface area is 113 Å². The van der Waals surface area contributed by atoms with Gasteiger partial charge in [-0.15, -0.1) is 0 Å². The van der Waals surface area contributed by atoms with Crippen molar-refractivity contribution in [2.45, 2.75) is 27.4 Å². The van der Waals surface area contributed by atoms with Crippen LogP contribution in [0.5, 0.6) is 5.75 Å². The highest BCUT2D eigenvalue weighted by Crippen LogP contribution is 2.23. The summed E-state index contributed by atoms with van der Waals surface area (Å²) < 4.78 is 5.81. The monoisotopic (exact) mass is 260 g/mol. The van der Waals surface area contributed by atoms with Gasteiger partial charge in [-0.2, -0.15) is 0 Å². The largest absolute Gasteiger partial charge is 0.489 e. The molecule has 2 aromatic carbocycles. The molecule has 0 saturated carbocycles. The van der Waals surface area contributed by atoms with E-state index in [0.29, 0.717) is 11.6 Å². The Morgan fingerprint density at radius 2 is 1.61 bits per heavy atom. The minimum atomic E-state index is 0.572. The molecule has 0 N–H and O–H groups in total. The van der Waals surface area contributed by atoms with E-state index in [9.17, 15) is 0 Å². The zero-order valence-corrected chi connectivity index (χ0v) is 11.7. The van der Waals surface area contributed by atoms with E-state index in [1.165, 1.54) is 16.7 Å². The Kier molecular flexibility index (Phi) is 3.93. The van der Waals surface area contributed by atoms with Crippen LogP contribution in [0.2, 0.25) is 5.02 Å². The summed E-state index contributed by atoms with van der Waals surface area (Å²) in [6.07, 6.45) is 0. The van der Waals surface area contributed by atoms with Crippen molar-refractivity contribution in [3.05, 3.63) is 63.7 Å². The number of aryl methyl sites for hydroxylation is 3. The van der Waals surface area contributed by atoms with Crippen LogP contribution in [-0.2, 0) is 6.61 Å². The standard InChI is InChI=1S/C16H17ClO/c1-11-4-6-14(8-13(11)3)10-18-16-9-15(17)7-5-12(16)2/h4-9H,10H2,1-3H3. The third kappa shape index (κ3) is 3.05. The first-order chi connectivity index (χ1) is 8.56. The summed E-state index contributed by atoms with van der Waals surface area (Å²) in [6.45, 7) is 6.82. The number of hydrogen-bond acceptors (Lipinski definition) is 1. The third-order valence-electron chi connectivity index (χ3n) is 3.12. The summed E-state index contributed by atoms with van der Waals surface area (Å²) in [5.41, 5.74) is 4.87. The lowest BCUT2D eigenvalue weighted by Crippen LogP contribution is -1.98. The summed E-state index contributed by atoms with van der Waals surface area (Å²) >= 11 is 5.96. The van der Waals surface area contributed by atoms with Gasteiger partial charge in [0, 0.05) is 5.02 Å². The van der Waals surface area contributed by atoms with Crippen LogP contribution in [-0.4, -0.2) is 0 Å². The topological polar surface area (TPSA) is 9.23 Å². The van der Waals surface area contributed by atoms with Gasteiger partial charge in [-0.25, -0.2) is 0 Å². The van der Waals surface area contributed by atoms with Crippen molar-refractivity contribution in [2.24, 2.45) is 0 Å². The van der Waals surface area contributed by atoms with Crippen LogP contribution >= 0.6 is 11.6 Å². The zero-order valence-electron chi connectivity index (χ0n) is 11.0. The number of rotatable bonds is 3. The van der Waals surface area contributed by atoms with Gasteiger partial charge in [0.1, 0.15) is 12.4 Å². The molecule has 0 heterocycles. The van der Waals surface area contributed by atoms with Crippen molar-refractivity contribution in [3.63, 3.8) is 0 Å². The lowest BCUT2D eigenvalue weighted by Gasteiger charge is -2.10. The van der Waals surface area contributed by atoms with Crippen LogP contribution in [0.4, 0.5) is 0 Å². The Morgan fingerprint density at radius 3 is 2.33 bits per heavy atom. The third-order valence-corrected chi connectivity index (χ3v) is 3.35. The van der Waals surface area contributed by atoms with Gasteiger partial charge in [0.15, 0.2) is 0 Å². The minimum absolute atomic E-state index is 0.572. The van der Waals surface area contributed by atoms with Gasteiger partial charge in [0.05, 0.1) is 0 Å². The second-order valence-corrected chi connectivity index (χ2v) is 5.05. The van der Waals surface area contributed by atoms with Crippen molar-refractivity contribution in [3.8, 4) is 5.75 Å². The quantitative estimate of drug-likeness (QED) is 0.767. The second kappa shape index (κ2) is 5.45. The van der Waals surface area contributed by atoms with Crippen LogP contribution in [0.15, 0.2) is 36.4 Å². The normalized spacial score (nSPS) is 10.4. The van der Waals surface area contributed by atoms with Gasteiger partial charge in [0.25, 0.3) is 0 Å². The molecule has 1 nitrogen and oxygen atoms in total. The molecule has 94 valence electrons. The van der Waals surface area contributed by atoms with E-state index in [1.54, 1.807) is 0 Å². The molecule has 0 amide bonds. The van der Waals surface area contributed by atoms with Crippen LogP contribution in [0, 0.1) is 20.8 Å². The molecule has 0 unspecified atom stereocenters. The first-order valence-corrected chi connectivity index (χ1v) is 6.39. The average molecular weight is 261 g/mol. The lowest BCUT2D eigenvalue weighted by atomic mass is 10.1. The fraction of sp³-hybridized carbons (Fsp3) is 0.250. The summed E-state index contributed by atoms with van der Waals surface area (Å²) in [5.74, 6) is 0.848. The lowest BCUT2D eigenvalue weighted by molar-refractivity contribution is 0.304. The molecule has 18 heavy (non-hydrogen) atoms. The fourth-order valence-corrected chi connectivity index (χ4v) is 1.95. The molecule has 0 saturated heterocycles. The second-order valence-electron chi connectivity index (χ2n) is 4.62. The number of hydrogen-bond donors (Lipinski definition) is 0. The summed E-state index contributed by atoms with van der Waals surface area (Å²) in [6, 6.07) is 12.1. The SMILES string of the molecule is Cc1ccc(COc2cc(Cl)ccc2C)cc1C. The van der Waals surface area contributed by atoms with Gasteiger partial charge < -0.3 is 4.74 Å². The molecule has 0 aliphatic carbocycles. The summed E-state index contributed by atoms with van der Waals surface area (Å²) in [7, 11) is 0. The Hall–Kier alpha value is -1.47. The molecule has 2 aromatic rings.